The van der Waals surface area contributed by atoms with Crippen LogP contribution in [0.1, 0.15) is 0 Å². The average Bonchev–Trinajstić information content (AvgIpc) is 1.49. The van der Waals surface area contributed by atoms with Crippen molar-refractivity contribution in [3.8, 4) is 44.5 Å². The molecular weight excluding hydrogens is 1090 g/mol. The highest BCUT2D eigenvalue weighted by atomic mass is 16.3. The molecule has 0 N–H and O–H groups in total. The zero-order valence-electron chi connectivity index (χ0n) is 48.2. The van der Waals surface area contributed by atoms with E-state index in [2.05, 4.69) is 267 Å². The average molecular weight is 1130 g/mol. The van der Waals surface area contributed by atoms with Crippen molar-refractivity contribution in [2.45, 2.75) is 0 Å². The van der Waals surface area contributed by atoms with Crippen molar-refractivity contribution in [3.05, 3.63) is 267 Å². The van der Waals surface area contributed by atoms with Crippen LogP contribution in [0.3, 0.4) is 0 Å². The Kier molecular flexibility index (Phi) is 8.35. The molecule has 23 aromatic rings. The third-order valence-electron chi connectivity index (χ3n) is 21.3. The fourth-order valence-electron chi connectivity index (χ4n) is 17.9. The summed E-state index contributed by atoms with van der Waals surface area (Å²) in [6, 6.07) is 100. The van der Waals surface area contributed by atoms with E-state index in [1.54, 1.807) is 0 Å². The highest BCUT2D eigenvalue weighted by Crippen LogP contribution is 2.59. The van der Waals surface area contributed by atoms with Gasteiger partial charge in [-0.05, 0) is 221 Å². The lowest BCUT2D eigenvalue weighted by Crippen LogP contribution is -1.88. The molecule has 0 unspecified atom stereocenters. The quantitative estimate of drug-likeness (QED) is 0.130. The van der Waals surface area contributed by atoms with Crippen LogP contribution >= 0.6 is 0 Å². The van der Waals surface area contributed by atoms with Gasteiger partial charge in [0, 0.05) is 32.7 Å². The monoisotopic (exact) mass is 1130 g/mol. The van der Waals surface area contributed by atoms with Gasteiger partial charge in [0.15, 0.2) is 0 Å². The molecule has 0 spiro atoms. The Bertz CT molecular complexity index is 6660. The van der Waals surface area contributed by atoms with Gasteiger partial charge in [0.25, 0.3) is 0 Å². The second kappa shape index (κ2) is 16.2. The third-order valence-corrected chi connectivity index (χ3v) is 21.3. The van der Waals surface area contributed by atoms with E-state index in [1.807, 2.05) is 0 Å². The first kappa shape index (κ1) is 46.4. The van der Waals surface area contributed by atoms with Gasteiger partial charge in [-0.25, -0.2) is 0 Å². The summed E-state index contributed by atoms with van der Waals surface area (Å²) in [4.78, 5) is 0. The van der Waals surface area contributed by atoms with Crippen LogP contribution in [0.5, 0.6) is 0 Å². The number of fused-ring (bicyclic) bond motifs is 22. The molecule has 0 radical (unpaired) electrons. The summed E-state index contributed by atoms with van der Waals surface area (Å²) >= 11 is 0. The van der Waals surface area contributed by atoms with E-state index in [9.17, 15) is 0 Å². The van der Waals surface area contributed by atoms with Gasteiger partial charge in [-0.1, -0.05) is 231 Å². The van der Waals surface area contributed by atoms with Crippen molar-refractivity contribution in [1.29, 1.82) is 0 Å². The number of hydrogen-bond donors (Lipinski definition) is 0. The molecule has 0 fully saturated rings. The first-order valence-electron chi connectivity index (χ1n) is 31.4. The molecule has 0 amide bonds. The molecule has 408 valence electrons. The highest BCUT2D eigenvalue weighted by Gasteiger charge is 2.31. The van der Waals surface area contributed by atoms with E-state index < -0.39 is 0 Å². The standard InChI is InChI=1S/C88H44O2/c1-3-17-45(18-4-1)73-69-43-47(49-27-15-29-61-53-23-11-13-31-71(53)89-87(49)61)41-67-51-21-7-9-25-55(51)81(79(67)69)85-65-39-35-59-58-34-38-64-78-66(40-36-60(76(58)78)57-33-37-63(83(73)85)77(65)75(57)59)86-82-56-26-10-8-22-52(56)68-42-48(44-70(80(68)82)74(84(64)86)46-19-5-2-6-20-46)50-28-16-30-62-54-24-12-14-32-72(54)90-88(50)62/h1-44H. The van der Waals surface area contributed by atoms with Gasteiger partial charge in [0.1, 0.15) is 22.3 Å². The van der Waals surface area contributed by atoms with Crippen LogP contribution in [0.15, 0.2) is 276 Å². The maximum Gasteiger partial charge on any atom is 0.143 e. The summed E-state index contributed by atoms with van der Waals surface area (Å²) in [6.45, 7) is 0. The number of para-hydroxylation sites is 4. The van der Waals surface area contributed by atoms with Gasteiger partial charge in [-0.15, -0.1) is 0 Å². The van der Waals surface area contributed by atoms with E-state index >= 15 is 0 Å². The van der Waals surface area contributed by atoms with Gasteiger partial charge in [-0.2, -0.15) is 0 Å². The van der Waals surface area contributed by atoms with Gasteiger partial charge >= 0.3 is 0 Å². The van der Waals surface area contributed by atoms with E-state index in [0.717, 1.165) is 66.1 Å². The lowest BCUT2D eigenvalue weighted by Gasteiger charge is -2.15. The zero-order chi connectivity index (χ0) is 57.9. The Morgan fingerprint density at radius 3 is 0.867 bits per heavy atom. The normalized spacial score (nSPS) is 12.9. The summed E-state index contributed by atoms with van der Waals surface area (Å²) in [5.41, 5.74) is 13.2. The van der Waals surface area contributed by atoms with Crippen molar-refractivity contribution in [1.82, 2.24) is 0 Å². The number of benzene rings is 17. The molecule has 0 saturated heterocycles. The SMILES string of the molecule is c1ccc(-c2c3cc(-c4cccc5c4oc4ccccc45)cc4c5ccccc5c(c34)c3c4ccc5c6ccc7c8c(-c9ccccc9)c9cc(-c%10cccc%11c%10oc%10ccccc%10%11)cc%10c%11ccccc%11c(c9%10)c8c8ccc(c9ccc(c23)c4c95)c6c78)cc1. The highest BCUT2D eigenvalue weighted by molar-refractivity contribution is 6.54. The van der Waals surface area contributed by atoms with Gasteiger partial charge in [0.05, 0.1) is 0 Å². The predicted molar refractivity (Wildman–Crippen MR) is 384 cm³/mol. The van der Waals surface area contributed by atoms with E-state index in [-0.39, 0.29) is 0 Å². The largest absolute Gasteiger partial charge is 0.455 e. The zero-order valence-corrected chi connectivity index (χ0v) is 48.2. The van der Waals surface area contributed by atoms with E-state index in [1.165, 1.54) is 173 Å². The molecule has 0 aliphatic heterocycles. The van der Waals surface area contributed by atoms with Crippen LogP contribution < -0.4 is 0 Å². The summed E-state index contributed by atoms with van der Waals surface area (Å²) in [5, 5.41) is 41.1. The summed E-state index contributed by atoms with van der Waals surface area (Å²) < 4.78 is 13.6. The van der Waals surface area contributed by atoms with Crippen LogP contribution in [0, 0.1) is 0 Å². The first-order chi connectivity index (χ1) is 44.7. The Labute approximate surface area is 511 Å². The fraction of sp³-hybridized carbons (Fsp3) is 0. The molecule has 2 heteroatoms. The summed E-state index contributed by atoms with van der Waals surface area (Å²) in [7, 11) is 0. The van der Waals surface area contributed by atoms with Crippen LogP contribution in [0.2, 0.25) is 0 Å². The molecule has 23 rings (SSSR count). The second-order valence-electron chi connectivity index (χ2n) is 25.4. The minimum atomic E-state index is 0.907. The van der Waals surface area contributed by atoms with Crippen molar-refractivity contribution in [2.24, 2.45) is 0 Å². The molecule has 0 atom stereocenters. The minimum absolute atomic E-state index is 0.907. The third kappa shape index (κ3) is 5.48. The maximum atomic E-state index is 6.79. The van der Waals surface area contributed by atoms with Crippen molar-refractivity contribution < 1.29 is 8.83 Å². The number of rotatable bonds is 4. The van der Waals surface area contributed by atoms with Gasteiger partial charge in [-0.3, -0.25) is 0 Å². The molecule has 2 aromatic heterocycles. The summed E-state index contributed by atoms with van der Waals surface area (Å²) in [6.07, 6.45) is 0. The summed E-state index contributed by atoms with van der Waals surface area (Å²) in [5.74, 6) is 0. The van der Waals surface area contributed by atoms with Crippen molar-refractivity contribution in [3.63, 3.8) is 0 Å². The molecule has 0 saturated carbocycles. The maximum absolute atomic E-state index is 6.79. The van der Waals surface area contributed by atoms with Crippen molar-refractivity contribution >= 4 is 195 Å². The number of hydrogen-bond acceptors (Lipinski definition) is 2. The van der Waals surface area contributed by atoms with Crippen LogP contribution in [0.25, 0.3) is 239 Å². The van der Waals surface area contributed by atoms with E-state index in [0.29, 0.717) is 0 Å². The lowest BCUT2D eigenvalue weighted by atomic mass is 9.87. The molecular formula is C88H44O2. The Morgan fingerprint density at radius 1 is 0.156 bits per heavy atom. The fourth-order valence-corrected chi connectivity index (χ4v) is 17.9. The molecule has 2 heterocycles. The van der Waals surface area contributed by atoms with Crippen LogP contribution in [0.4, 0.5) is 0 Å². The Balaban J connectivity index is 0.850. The van der Waals surface area contributed by atoms with E-state index in [4.69, 9.17) is 8.83 Å². The molecule has 0 aliphatic carbocycles. The molecule has 0 aliphatic rings. The number of furan rings is 2. The van der Waals surface area contributed by atoms with Crippen LogP contribution in [-0.4, -0.2) is 0 Å². The Hall–Kier alpha value is -11.8. The minimum Gasteiger partial charge on any atom is -0.455 e. The lowest BCUT2D eigenvalue weighted by molar-refractivity contribution is 0.669. The molecule has 90 heavy (non-hydrogen) atoms. The van der Waals surface area contributed by atoms with Gasteiger partial charge < -0.3 is 8.83 Å². The molecule has 2 nitrogen and oxygen atoms in total. The Morgan fingerprint density at radius 2 is 0.444 bits per heavy atom. The predicted octanol–water partition coefficient (Wildman–Crippen LogP) is 25.5. The molecule has 21 aromatic carbocycles. The second-order valence-corrected chi connectivity index (χ2v) is 25.4. The topological polar surface area (TPSA) is 26.3 Å². The first-order valence-corrected chi connectivity index (χ1v) is 31.4. The van der Waals surface area contributed by atoms with Gasteiger partial charge in [0.2, 0.25) is 0 Å². The van der Waals surface area contributed by atoms with Crippen molar-refractivity contribution in [2.75, 3.05) is 0 Å². The molecule has 0 bridgehead atoms. The smallest absolute Gasteiger partial charge is 0.143 e. The van der Waals surface area contributed by atoms with Crippen LogP contribution in [-0.2, 0) is 0 Å².